The summed E-state index contributed by atoms with van der Waals surface area (Å²) in [6, 6.07) is 2.21. The number of nitrogens with two attached hydrogens (primary N) is 1. The van der Waals surface area contributed by atoms with Crippen LogP contribution in [0.2, 0.25) is 0 Å². The van der Waals surface area contributed by atoms with E-state index in [4.69, 9.17) is 18.0 Å². The first-order valence-corrected chi connectivity index (χ1v) is 7.24. The number of hydrogen-bond donors (Lipinski definition) is 1. The first kappa shape index (κ1) is 14.4. The molecule has 2 N–H and O–H groups in total. The van der Waals surface area contributed by atoms with Gasteiger partial charge in [-0.2, -0.15) is 5.10 Å². The summed E-state index contributed by atoms with van der Waals surface area (Å²) in [5.74, 6) is 0. The average Bonchev–Trinajstić information content (AvgIpc) is 2.72. The van der Waals surface area contributed by atoms with Crippen molar-refractivity contribution in [3.63, 3.8) is 0 Å². The highest BCUT2D eigenvalue weighted by molar-refractivity contribution is 7.80. The van der Waals surface area contributed by atoms with Crippen LogP contribution in [0.3, 0.4) is 0 Å². The number of nitrogens with zero attached hydrogens (tertiary/aromatic N) is 4. The Labute approximate surface area is 120 Å². The Bertz CT molecular complexity index is 434. The van der Waals surface area contributed by atoms with Crippen molar-refractivity contribution in [3.05, 3.63) is 17.5 Å². The molecule has 0 aromatic carbocycles. The fraction of sp³-hybridized carbons (Fsp3) is 0.692. The van der Waals surface area contributed by atoms with Crippen LogP contribution in [0, 0.1) is 0 Å². The van der Waals surface area contributed by atoms with Gasteiger partial charge in [-0.1, -0.05) is 19.1 Å². The van der Waals surface area contributed by atoms with Crippen molar-refractivity contribution in [1.29, 1.82) is 0 Å². The van der Waals surface area contributed by atoms with Crippen LogP contribution < -0.4 is 5.73 Å². The van der Waals surface area contributed by atoms with E-state index in [1.165, 1.54) is 11.4 Å². The first-order chi connectivity index (χ1) is 9.08. The van der Waals surface area contributed by atoms with Crippen LogP contribution in [0.4, 0.5) is 0 Å². The lowest BCUT2D eigenvalue weighted by atomic mass is 10.2. The van der Waals surface area contributed by atoms with Gasteiger partial charge in [-0.3, -0.25) is 14.5 Å². The summed E-state index contributed by atoms with van der Waals surface area (Å²) in [6.07, 6.45) is 0.996. The summed E-state index contributed by atoms with van der Waals surface area (Å²) in [6.45, 7) is 8.07. The molecule has 2 rings (SSSR count). The van der Waals surface area contributed by atoms with Crippen LogP contribution in [-0.2, 0) is 20.0 Å². The lowest BCUT2D eigenvalue weighted by molar-refractivity contribution is 0.138. The Kier molecular flexibility index (Phi) is 4.90. The third-order valence-corrected chi connectivity index (χ3v) is 3.75. The minimum absolute atomic E-state index is 0.590. The van der Waals surface area contributed by atoms with Gasteiger partial charge in [-0.05, 0) is 12.5 Å². The average molecular weight is 281 g/mol. The molecule has 0 atom stereocenters. The molecular weight excluding hydrogens is 258 g/mol. The van der Waals surface area contributed by atoms with Crippen molar-refractivity contribution in [3.8, 4) is 0 Å². The van der Waals surface area contributed by atoms with Crippen molar-refractivity contribution in [2.45, 2.75) is 19.9 Å². The number of aryl methyl sites for hydroxylation is 2. The second-order valence-corrected chi connectivity index (χ2v) is 5.65. The third-order valence-electron chi connectivity index (χ3n) is 3.62. The zero-order valence-corrected chi connectivity index (χ0v) is 12.6. The monoisotopic (exact) mass is 281 g/mol. The largest absolute Gasteiger partial charge is 0.392 e. The van der Waals surface area contributed by atoms with Crippen LogP contribution in [0.15, 0.2) is 6.07 Å². The number of rotatable bonds is 5. The highest BCUT2D eigenvalue weighted by Crippen LogP contribution is 2.10. The van der Waals surface area contributed by atoms with Gasteiger partial charge >= 0.3 is 0 Å². The maximum atomic E-state index is 5.58. The van der Waals surface area contributed by atoms with Gasteiger partial charge in [0.25, 0.3) is 0 Å². The third kappa shape index (κ3) is 3.99. The fourth-order valence-corrected chi connectivity index (χ4v) is 2.63. The summed E-state index contributed by atoms with van der Waals surface area (Å²) in [5.41, 5.74) is 8.05. The van der Waals surface area contributed by atoms with Crippen LogP contribution in [-0.4, -0.2) is 57.3 Å². The molecule has 1 aliphatic heterocycles. The maximum Gasteiger partial charge on any atom is 0.0870 e. The summed E-state index contributed by atoms with van der Waals surface area (Å²) in [7, 11) is 2.03. The highest BCUT2D eigenvalue weighted by atomic mass is 32.1. The minimum atomic E-state index is 0.590. The van der Waals surface area contributed by atoms with E-state index in [9.17, 15) is 0 Å². The van der Waals surface area contributed by atoms with E-state index in [1.807, 2.05) is 11.7 Å². The van der Waals surface area contributed by atoms with Gasteiger partial charge in [-0.25, -0.2) is 0 Å². The number of piperazine rings is 1. The van der Waals surface area contributed by atoms with E-state index >= 15 is 0 Å². The van der Waals surface area contributed by atoms with Crippen LogP contribution in [0.25, 0.3) is 0 Å². The minimum Gasteiger partial charge on any atom is -0.392 e. The SMILES string of the molecule is CCc1cc(CN2CCN(CC(N)=S)CC2)n(C)n1. The Morgan fingerprint density at radius 3 is 2.47 bits per heavy atom. The molecule has 1 aliphatic rings. The van der Waals surface area contributed by atoms with E-state index in [0.717, 1.165) is 45.7 Å². The molecule has 6 heteroatoms. The molecule has 0 saturated carbocycles. The smallest absolute Gasteiger partial charge is 0.0870 e. The first-order valence-electron chi connectivity index (χ1n) is 6.83. The molecule has 1 aromatic rings. The maximum absolute atomic E-state index is 5.58. The van der Waals surface area contributed by atoms with Gasteiger partial charge in [0, 0.05) is 46.3 Å². The van der Waals surface area contributed by atoms with Gasteiger partial charge in [0.1, 0.15) is 0 Å². The van der Waals surface area contributed by atoms with E-state index in [0.29, 0.717) is 4.99 Å². The molecule has 0 bridgehead atoms. The molecule has 106 valence electrons. The van der Waals surface area contributed by atoms with E-state index in [2.05, 4.69) is 27.9 Å². The zero-order chi connectivity index (χ0) is 13.8. The molecule has 1 saturated heterocycles. The molecular formula is C13H23N5S. The van der Waals surface area contributed by atoms with Crippen molar-refractivity contribution >= 4 is 17.2 Å². The topological polar surface area (TPSA) is 50.3 Å². The Morgan fingerprint density at radius 2 is 1.95 bits per heavy atom. The Morgan fingerprint density at radius 1 is 1.32 bits per heavy atom. The molecule has 0 radical (unpaired) electrons. The van der Waals surface area contributed by atoms with E-state index < -0.39 is 0 Å². The summed E-state index contributed by atoms with van der Waals surface area (Å²) < 4.78 is 2.00. The number of aromatic nitrogens is 2. The normalized spacial score (nSPS) is 17.8. The van der Waals surface area contributed by atoms with Crippen LogP contribution in [0.1, 0.15) is 18.3 Å². The standard InChI is InChI=1S/C13H23N5S/c1-3-11-8-12(16(2)15-11)9-17-4-6-18(7-5-17)10-13(14)19/h8H,3-7,9-10H2,1-2H3,(H2,14,19). The lowest BCUT2D eigenvalue weighted by Crippen LogP contribution is -2.48. The molecule has 0 spiro atoms. The molecule has 1 aromatic heterocycles. The van der Waals surface area contributed by atoms with Gasteiger partial charge in [0.05, 0.1) is 16.4 Å². The lowest BCUT2D eigenvalue weighted by Gasteiger charge is -2.34. The van der Waals surface area contributed by atoms with Crippen LogP contribution in [0.5, 0.6) is 0 Å². The quantitative estimate of drug-likeness (QED) is 0.791. The summed E-state index contributed by atoms with van der Waals surface area (Å²) in [4.78, 5) is 5.37. The van der Waals surface area contributed by atoms with Gasteiger partial charge in [0.2, 0.25) is 0 Å². The van der Waals surface area contributed by atoms with Crippen molar-refractivity contribution in [2.75, 3.05) is 32.7 Å². The summed E-state index contributed by atoms with van der Waals surface area (Å²) in [5, 5.41) is 4.49. The highest BCUT2D eigenvalue weighted by Gasteiger charge is 2.18. The van der Waals surface area contributed by atoms with Crippen molar-refractivity contribution in [2.24, 2.45) is 12.8 Å². The molecule has 0 aliphatic carbocycles. The number of hydrogen-bond acceptors (Lipinski definition) is 4. The zero-order valence-electron chi connectivity index (χ0n) is 11.8. The van der Waals surface area contributed by atoms with Crippen molar-refractivity contribution in [1.82, 2.24) is 19.6 Å². The Hall–Kier alpha value is -0.980. The van der Waals surface area contributed by atoms with Gasteiger partial charge < -0.3 is 5.73 Å². The summed E-state index contributed by atoms with van der Waals surface area (Å²) >= 11 is 4.95. The Balaban J connectivity index is 1.85. The fourth-order valence-electron chi connectivity index (χ4n) is 2.45. The molecule has 0 unspecified atom stereocenters. The number of thiocarbonyl (C=S) groups is 1. The molecule has 19 heavy (non-hydrogen) atoms. The second kappa shape index (κ2) is 6.45. The molecule has 2 heterocycles. The van der Waals surface area contributed by atoms with Crippen molar-refractivity contribution < 1.29 is 0 Å². The van der Waals surface area contributed by atoms with Gasteiger partial charge in [-0.15, -0.1) is 0 Å². The molecule has 0 amide bonds. The van der Waals surface area contributed by atoms with E-state index in [-0.39, 0.29) is 0 Å². The second-order valence-electron chi connectivity index (χ2n) is 5.12. The van der Waals surface area contributed by atoms with Gasteiger partial charge in [0.15, 0.2) is 0 Å². The van der Waals surface area contributed by atoms with E-state index in [1.54, 1.807) is 0 Å². The molecule has 5 nitrogen and oxygen atoms in total. The van der Waals surface area contributed by atoms with Crippen LogP contribution >= 0.6 is 12.2 Å². The predicted octanol–water partition coefficient (Wildman–Crippen LogP) is 0.386. The predicted molar refractivity (Wildman–Crippen MR) is 81.1 cm³/mol. The molecule has 1 fully saturated rings.